The first kappa shape index (κ1) is 19.3. The van der Waals surface area contributed by atoms with Crippen LogP contribution in [0.2, 0.25) is 0 Å². The van der Waals surface area contributed by atoms with Crippen LogP contribution < -0.4 is 10.6 Å². The van der Waals surface area contributed by atoms with E-state index in [2.05, 4.69) is 47.7 Å². The van der Waals surface area contributed by atoms with Crippen molar-refractivity contribution in [3.8, 4) is 11.3 Å². The Kier molecular flexibility index (Phi) is 4.88. The number of rotatable bonds is 4. The van der Waals surface area contributed by atoms with Crippen LogP contribution in [-0.4, -0.2) is 37.5 Å². The molecular formula is C23H19N6OP. The predicted molar refractivity (Wildman–Crippen MR) is 124 cm³/mol. The number of benzene rings is 2. The van der Waals surface area contributed by atoms with Crippen LogP contribution in [0.25, 0.3) is 27.9 Å². The Balaban J connectivity index is 1.51. The maximum Gasteiger partial charge on any atom is 0.251 e. The van der Waals surface area contributed by atoms with Gasteiger partial charge in [0.1, 0.15) is 5.69 Å². The van der Waals surface area contributed by atoms with E-state index in [1.807, 2.05) is 30.5 Å². The largest absolute Gasteiger partial charge is 0.355 e. The molecule has 5 rings (SSSR count). The van der Waals surface area contributed by atoms with E-state index >= 15 is 0 Å². The third kappa shape index (κ3) is 3.64. The van der Waals surface area contributed by atoms with Crippen LogP contribution in [0.5, 0.6) is 0 Å². The minimum absolute atomic E-state index is 0.124. The van der Waals surface area contributed by atoms with Gasteiger partial charge in [0.2, 0.25) is 0 Å². The molecule has 1 atom stereocenters. The monoisotopic (exact) mass is 426 g/mol. The highest BCUT2D eigenvalue weighted by atomic mass is 31.0. The number of carbonyl (C=O) groups is 1. The van der Waals surface area contributed by atoms with Crippen LogP contribution in [0.15, 0.2) is 67.1 Å². The van der Waals surface area contributed by atoms with Crippen LogP contribution in [-0.2, 0) is 6.42 Å². The maximum atomic E-state index is 12.0. The summed E-state index contributed by atoms with van der Waals surface area (Å²) in [7, 11) is 4.22. The number of hydrogen-bond donors (Lipinski definition) is 1. The van der Waals surface area contributed by atoms with Gasteiger partial charge in [-0.05, 0) is 41.2 Å². The SMILES string of the molecule is CNC(=O)c1ccc(-c2cnc3ncc(Cc4ccc5ncccc5c4)n3n2)cc1P. The Morgan fingerprint density at radius 1 is 1.06 bits per heavy atom. The summed E-state index contributed by atoms with van der Waals surface area (Å²) < 4.78 is 1.78. The van der Waals surface area contributed by atoms with Crippen molar-refractivity contribution in [2.24, 2.45) is 0 Å². The van der Waals surface area contributed by atoms with Gasteiger partial charge in [0, 0.05) is 36.2 Å². The van der Waals surface area contributed by atoms with Crippen molar-refractivity contribution in [2.45, 2.75) is 6.42 Å². The molecule has 0 spiro atoms. The van der Waals surface area contributed by atoms with Crippen molar-refractivity contribution >= 4 is 37.1 Å². The second-order valence-corrected chi connectivity index (χ2v) is 7.82. The maximum absolute atomic E-state index is 12.0. The van der Waals surface area contributed by atoms with Crippen LogP contribution >= 0.6 is 9.24 Å². The summed E-state index contributed by atoms with van der Waals surface area (Å²) in [6.45, 7) is 0. The lowest BCUT2D eigenvalue weighted by molar-refractivity contribution is 0.0964. The first-order valence-corrected chi connectivity index (χ1v) is 10.4. The summed E-state index contributed by atoms with van der Waals surface area (Å²) in [5.41, 5.74) is 5.27. The first-order valence-electron chi connectivity index (χ1n) is 9.77. The van der Waals surface area contributed by atoms with Gasteiger partial charge in [0.05, 0.1) is 23.6 Å². The van der Waals surface area contributed by atoms with Gasteiger partial charge in [-0.25, -0.2) is 14.5 Å². The number of carbonyl (C=O) groups excluding carboxylic acids is 1. The first-order chi connectivity index (χ1) is 15.1. The highest BCUT2D eigenvalue weighted by Crippen LogP contribution is 2.20. The molecule has 1 unspecified atom stereocenters. The number of nitrogens with zero attached hydrogens (tertiary/aromatic N) is 5. The molecule has 0 aliphatic heterocycles. The molecule has 7 nitrogen and oxygen atoms in total. The fourth-order valence-electron chi connectivity index (χ4n) is 3.58. The van der Waals surface area contributed by atoms with Crippen LogP contribution in [0.1, 0.15) is 21.6 Å². The van der Waals surface area contributed by atoms with Crippen molar-refractivity contribution in [1.82, 2.24) is 29.9 Å². The second-order valence-electron chi connectivity index (χ2n) is 7.19. The quantitative estimate of drug-likeness (QED) is 0.447. The summed E-state index contributed by atoms with van der Waals surface area (Å²) in [5.74, 6) is 0.426. The van der Waals surface area contributed by atoms with E-state index in [1.165, 1.54) is 0 Å². The molecule has 0 aliphatic carbocycles. The van der Waals surface area contributed by atoms with Crippen molar-refractivity contribution in [3.05, 3.63) is 83.9 Å². The van der Waals surface area contributed by atoms with Gasteiger partial charge < -0.3 is 5.32 Å². The average Bonchev–Trinajstić information content (AvgIpc) is 3.20. The molecule has 1 amide bonds. The smallest absolute Gasteiger partial charge is 0.251 e. The van der Waals surface area contributed by atoms with Gasteiger partial charge in [-0.15, -0.1) is 9.24 Å². The van der Waals surface area contributed by atoms with Crippen LogP contribution in [0, 0.1) is 0 Å². The molecule has 0 bridgehead atoms. The minimum atomic E-state index is -0.124. The minimum Gasteiger partial charge on any atom is -0.355 e. The number of hydrogen-bond acceptors (Lipinski definition) is 5. The number of fused-ring (bicyclic) bond motifs is 2. The third-order valence-corrected chi connectivity index (χ3v) is 5.65. The van der Waals surface area contributed by atoms with Gasteiger partial charge in [-0.1, -0.05) is 18.2 Å². The van der Waals surface area contributed by atoms with E-state index < -0.39 is 0 Å². The summed E-state index contributed by atoms with van der Waals surface area (Å²) in [6, 6.07) is 15.8. The molecule has 31 heavy (non-hydrogen) atoms. The van der Waals surface area contributed by atoms with Crippen molar-refractivity contribution in [1.29, 1.82) is 0 Å². The van der Waals surface area contributed by atoms with E-state index in [0.717, 1.165) is 33.0 Å². The zero-order chi connectivity index (χ0) is 21.4. The lowest BCUT2D eigenvalue weighted by atomic mass is 10.1. The Bertz CT molecular complexity index is 1450. The van der Waals surface area contributed by atoms with E-state index in [-0.39, 0.29) is 5.91 Å². The van der Waals surface area contributed by atoms with Gasteiger partial charge in [-0.3, -0.25) is 9.78 Å². The number of aromatic nitrogens is 5. The van der Waals surface area contributed by atoms with Crippen molar-refractivity contribution in [2.75, 3.05) is 7.05 Å². The molecule has 3 heterocycles. The summed E-state index contributed by atoms with van der Waals surface area (Å²) >= 11 is 0. The standard InChI is InChI=1S/C23H19N6OP/c1-24-22(30)18-6-5-16(11-21(18)31)20-13-27-23-26-12-17(29(23)28-20)10-14-4-7-19-15(9-14)3-2-8-25-19/h2-9,11-13H,10,31H2,1H3,(H,24,30). The lowest BCUT2D eigenvalue weighted by Gasteiger charge is -2.08. The lowest BCUT2D eigenvalue weighted by Crippen LogP contribution is -2.22. The zero-order valence-electron chi connectivity index (χ0n) is 16.8. The van der Waals surface area contributed by atoms with Gasteiger partial charge in [0.25, 0.3) is 11.7 Å². The third-order valence-electron chi connectivity index (χ3n) is 5.17. The molecule has 2 aromatic carbocycles. The molecule has 0 saturated heterocycles. The molecule has 8 heteroatoms. The zero-order valence-corrected chi connectivity index (χ0v) is 17.9. The Morgan fingerprint density at radius 3 is 2.77 bits per heavy atom. The predicted octanol–water partition coefficient (Wildman–Crippen LogP) is 2.79. The number of imidazole rings is 1. The number of amides is 1. The highest BCUT2D eigenvalue weighted by molar-refractivity contribution is 7.27. The van der Waals surface area contributed by atoms with Gasteiger partial charge in [-0.2, -0.15) is 5.10 Å². The Hall–Kier alpha value is -3.70. The molecule has 1 N–H and O–H groups in total. The molecule has 3 aromatic heterocycles. The molecule has 152 valence electrons. The van der Waals surface area contributed by atoms with E-state index in [9.17, 15) is 4.79 Å². The number of nitrogens with one attached hydrogen (secondary N) is 1. The highest BCUT2D eigenvalue weighted by Gasteiger charge is 2.12. The van der Waals surface area contributed by atoms with Crippen LogP contribution in [0.3, 0.4) is 0 Å². The normalized spacial score (nSPS) is 11.2. The number of pyridine rings is 1. The van der Waals surface area contributed by atoms with Gasteiger partial charge in [0.15, 0.2) is 0 Å². The summed E-state index contributed by atoms with van der Waals surface area (Å²) in [4.78, 5) is 25.2. The van der Waals surface area contributed by atoms with Crippen molar-refractivity contribution < 1.29 is 4.79 Å². The van der Waals surface area contributed by atoms with Gasteiger partial charge >= 0.3 is 0 Å². The van der Waals surface area contributed by atoms with Crippen molar-refractivity contribution in [3.63, 3.8) is 0 Å². The summed E-state index contributed by atoms with van der Waals surface area (Å²) in [6.07, 6.45) is 5.98. The molecule has 0 fully saturated rings. The Morgan fingerprint density at radius 2 is 1.94 bits per heavy atom. The molecule has 0 radical (unpaired) electrons. The fourth-order valence-corrected chi connectivity index (χ4v) is 3.99. The molecule has 5 aromatic rings. The molecular weight excluding hydrogens is 407 g/mol. The van der Waals surface area contributed by atoms with E-state index in [1.54, 1.807) is 30.0 Å². The molecule has 0 aliphatic rings. The van der Waals surface area contributed by atoms with E-state index in [0.29, 0.717) is 23.5 Å². The van der Waals surface area contributed by atoms with Crippen LogP contribution in [0.4, 0.5) is 0 Å². The topological polar surface area (TPSA) is 85.1 Å². The average molecular weight is 426 g/mol. The molecule has 0 saturated carbocycles. The fraction of sp³-hybridized carbons (Fsp3) is 0.0870. The van der Waals surface area contributed by atoms with E-state index in [4.69, 9.17) is 5.10 Å². The summed E-state index contributed by atoms with van der Waals surface area (Å²) in [5, 5.41) is 9.32. The Labute approximate surface area is 180 Å². The second kappa shape index (κ2) is 7.85.